The van der Waals surface area contributed by atoms with Crippen LogP contribution < -0.4 is 15.5 Å². The van der Waals surface area contributed by atoms with E-state index in [1.165, 1.54) is 22.4 Å². The van der Waals surface area contributed by atoms with Crippen LogP contribution in [0.4, 0.5) is 5.69 Å². The van der Waals surface area contributed by atoms with Crippen molar-refractivity contribution in [1.29, 1.82) is 0 Å². The van der Waals surface area contributed by atoms with Gasteiger partial charge in [-0.3, -0.25) is 4.99 Å². The molecule has 1 saturated heterocycles. The number of halogens is 1. The number of nitrogens with one attached hydrogen (secondary N) is 2. The molecule has 0 amide bonds. The molecule has 28 heavy (non-hydrogen) atoms. The van der Waals surface area contributed by atoms with Gasteiger partial charge in [-0.1, -0.05) is 47.5 Å². The summed E-state index contributed by atoms with van der Waals surface area (Å²) < 4.78 is 0. The van der Waals surface area contributed by atoms with Crippen LogP contribution in [0.15, 0.2) is 53.5 Å². The molecular weight excluding hydrogens is 459 g/mol. The summed E-state index contributed by atoms with van der Waals surface area (Å²) in [5, 5.41) is 7.07. The van der Waals surface area contributed by atoms with Gasteiger partial charge in [-0.05, 0) is 50.8 Å². The van der Waals surface area contributed by atoms with Crippen LogP contribution in [-0.4, -0.2) is 38.7 Å². The van der Waals surface area contributed by atoms with E-state index in [4.69, 9.17) is 0 Å². The monoisotopic (exact) mass is 492 g/mol. The molecule has 4 nitrogen and oxygen atoms in total. The molecule has 1 aliphatic heterocycles. The minimum Gasteiger partial charge on any atom is -0.371 e. The Balaban J connectivity index is 0.00000280. The summed E-state index contributed by atoms with van der Waals surface area (Å²) >= 11 is 0. The van der Waals surface area contributed by atoms with Crippen molar-refractivity contribution in [3.63, 3.8) is 0 Å². The van der Waals surface area contributed by atoms with Crippen LogP contribution in [0.3, 0.4) is 0 Å². The van der Waals surface area contributed by atoms with Crippen molar-refractivity contribution < 1.29 is 0 Å². The Morgan fingerprint density at radius 3 is 2.29 bits per heavy atom. The first-order chi connectivity index (χ1) is 13.1. The maximum atomic E-state index is 4.41. The number of para-hydroxylation sites is 1. The maximum Gasteiger partial charge on any atom is 0.191 e. The predicted molar refractivity (Wildman–Crippen MR) is 131 cm³/mol. The summed E-state index contributed by atoms with van der Waals surface area (Å²) in [6, 6.07) is 17.9. The molecule has 0 atom stereocenters. The molecule has 1 aliphatic rings. The lowest BCUT2D eigenvalue weighted by atomic mass is 10.0. The third-order valence-electron chi connectivity index (χ3n) is 5.17. The zero-order chi connectivity index (χ0) is 19.1. The highest BCUT2D eigenvalue weighted by molar-refractivity contribution is 14.0. The van der Waals surface area contributed by atoms with Crippen molar-refractivity contribution >= 4 is 35.6 Å². The second kappa shape index (κ2) is 11.3. The average Bonchev–Trinajstić information content (AvgIpc) is 2.68. The van der Waals surface area contributed by atoms with E-state index in [0.717, 1.165) is 44.9 Å². The van der Waals surface area contributed by atoms with E-state index in [1.807, 2.05) is 7.05 Å². The molecule has 1 heterocycles. The highest BCUT2D eigenvalue weighted by Gasteiger charge is 2.20. The zero-order valence-corrected chi connectivity index (χ0v) is 19.6. The van der Waals surface area contributed by atoms with Gasteiger partial charge in [0.25, 0.3) is 0 Å². The molecule has 1 fully saturated rings. The Bertz CT molecular complexity index is 732. The van der Waals surface area contributed by atoms with E-state index in [-0.39, 0.29) is 24.0 Å². The first-order valence-corrected chi connectivity index (χ1v) is 9.98. The summed E-state index contributed by atoms with van der Waals surface area (Å²) in [6.45, 7) is 7.38. The maximum absolute atomic E-state index is 4.41. The minimum atomic E-state index is 0. The van der Waals surface area contributed by atoms with Crippen LogP contribution in [0.25, 0.3) is 0 Å². The van der Waals surface area contributed by atoms with Gasteiger partial charge in [-0.25, -0.2) is 0 Å². The third-order valence-corrected chi connectivity index (χ3v) is 5.17. The summed E-state index contributed by atoms with van der Waals surface area (Å²) in [6.07, 6.45) is 3.27. The lowest BCUT2D eigenvalue weighted by Gasteiger charge is -2.34. The van der Waals surface area contributed by atoms with Gasteiger partial charge in [0, 0.05) is 38.4 Å². The Morgan fingerprint density at radius 2 is 1.68 bits per heavy atom. The number of nitrogens with zero attached hydrogens (tertiary/aromatic N) is 2. The molecule has 0 spiro atoms. The van der Waals surface area contributed by atoms with Crippen LogP contribution in [0.2, 0.25) is 0 Å². The van der Waals surface area contributed by atoms with Gasteiger partial charge in [0.05, 0.1) is 0 Å². The lowest BCUT2D eigenvalue weighted by molar-refractivity contribution is 0.461. The van der Waals surface area contributed by atoms with E-state index in [1.54, 1.807) is 0 Å². The molecule has 0 saturated carbocycles. The van der Waals surface area contributed by atoms with Crippen molar-refractivity contribution in [2.24, 2.45) is 4.99 Å². The number of benzene rings is 2. The quantitative estimate of drug-likeness (QED) is 0.372. The minimum absolute atomic E-state index is 0. The topological polar surface area (TPSA) is 39.7 Å². The van der Waals surface area contributed by atoms with Crippen LogP contribution in [0.1, 0.15) is 29.5 Å². The van der Waals surface area contributed by atoms with Crippen LogP contribution in [0.5, 0.6) is 0 Å². The molecule has 3 rings (SSSR count). The van der Waals surface area contributed by atoms with E-state index in [9.17, 15) is 0 Å². The summed E-state index contributed by atoms with van der Waals surface area (Å²) in [5.41, 5.74) is 5.37. The van der Waals surface area contributed by atoms with E-state index in [2.05, 4.69) is 82.9 Å². The van der Waals surface area contributed by atoms with Gasteiger partial charge in [0.2, 0.25) is 0 Å². The number of rotatable bonds is 5. The molecule has 0 aliphatic carbocycles. The average molecular weight is 492 g/mol. The van der Waals surface area contributed by atoms with E-state index >= 15 is 0 Å². The molecule has 0 bridgehead atoms. The Kier molecular flexibility index (Phi) is 9.09. The van der Waals surface area contributed by atoms with Gasteiger partial charge in [-0.2, -0.15) is 0 Å². The highest BCUT2D eigenvalue weighted by Crippen LogP contribution is 2.19. The molecule has 2 aromatic rings. The normalized spacial score (nSPS) is 15.1. The van der Waals surface area contributed by atoms with Crippen LogP contribution in [-0.2, 0) is 6.42 Å². The largest absolute Gasteiger partial charge is 0.371 e. The summed E-state index contributed by atoms with van der Waals surface area (Å²) in [7, 11) is 1.85. The van der Waals surface area contributed by atoms with Gasteiger partial charge in [-0.15, -0.1) is 24.0 Å². The number of aliphatic imine (C=N–C) groups is 1. The van der Waals surface area contributed by atoms with Crippen molar-refractivity contribution in [3.05, 3.63) is 65.2 Å². The third kappa shape index (κ3) is 6.69. The second-order valence-corrected chi connectivity index (χ2v) is 7.49. The second-order valence-electron chi connectivity index (χ2n) is 7.49. The zero-order valence-electron chi connectivity index (χ0n) is 17.2. The fourth-order valence-corrected chi connectivity index (χ4v) is 3.85. The van der Waals surface area contributed by atoms with Crippen molar-refractivity contribution in [2.45, 2.75) is 39.2 Å². The molecule has 2 aromatic carbocycles. The molecular formula is C23H33IN4. The number of anilines is 1. The SMILES string of the molecule is CN=C(NCCc1cc(C)cc(C)c1)NC1CCN(c2ccccc2)CC1.I. The van der Waals surface area contributed by atoms with Crippen molar-refractivity contribution in [2.75, 3.05) is 31.6 Å². The first-order valence-electron chi connectivity index (χ1n) is 9.98. The lowest BCUT2D eigenvalue weighted by Crippen LogP contribution is -2.49. The predicted octanol–water partition coefficient (Wildman–Crippen LogP) is 4.30. The van der Waals surface area contributed by atoms with Gasteiger partial charge >= 0.3 is 0 Å². The van der Waals surface area contributed by atoms with E-state index < -0.39 is 0 Å². The standard InChI is InChI=1S/C23H32N4.HI/c1-18-15-19(2)17-20(16-18)9-12-25-23(24-3)26-21-10-13-27(14-11-21)22-7-5-4-6-8-22;/h4-8,15-17,21H,9-14H2,1-3H3,(H2,24,25,26);1H. The summed E-state index contributed by atoms with van der Waals surface area (Å²) in [5.74, 6) is 0.914. The molecule has 0 radical (unpaired) electrons. The smallest absolute Gasteiger partial charge is 0.191 e. The molecule has 152 valence electrons. The Hall–Kier alpha value is -1.76. The molecule has 0 unspecified atom stereocenters. The Labute approximate surface area is 186 Å². The van der Waals surface area contributed by atoms with Crippen molar-refractivity contribution in [1.82, 2.24) is 10.6 Å². The number of guanidine groups is 1. The van der Waals surface area contributed by atoms with Crippen LogP contribution in [0, 0.1) is 13.8 Å². The fraction of sp³-hybridized carbons (Fsp3) is 0.435. The number of aryl methyl sites for hydroxylation is 2. The highest BCUT2D eigenvalue weighted by atomic mass is 127. The number of hydrogen-bond donors (Lipinski definition) is 2. The fourth-order valence-electron chi connectivity index (χ4n) is 3.85. The molecule has 2 N–H and O–H groups in total. The molecule has 5 heteroatoms. The number of piperidine rings is 1. The summed E-state index contributed by atoms with van der Waals surface area (Å²) in [4.78, 5) is 6.87. The van der Waals surface area contributed by atoms with Gasteiger partial charge in [0.15, 0.2) is 5.96 Å². The number of hydrogen-bond acceptors (Lipinski definition) is 2. The van der Waals surface area contributed by atoms with Crippen molar-refractivity contribution in [3.8, 4) is 0 Å². The van der Waals surface area contributed by atoms with Gasteiger partial charge in [0.1, 0.15) is 0 Å². The van der Waals surface area contributed by atoms with Gasteiger partial charge < -0.3 is 15.5 Å². The van der Waals surface area contributed by atoms with Crippen LogP contribution >= 0.6 is 24.0 Å². The first kappa shape index (κ1) is 22.5. The van der Waals surface area contributed by atoms with E-state index in [0.29, 0.717) is 6.04 Å². The Morgan fingerprint density at radius 1 is 1.04 bits per heavy atom. The molecule has 0 aromatic heterocycles.